The van der Waals surface area contributed by atoms with Gasteiger partial charge in [-0.3, -0.25) is 9.69 Å². The Morgan fingerprint density at radius 1 is 1.10 bits per heavy atom. The number of benzene rings is 2. The Kier molecular flexibility index (Phi) is 7.50. The summed E-state index contributed by atoms with van der Waals surface area (Å²) >= 11 is 6.17. The Bertz CT molecular complexity index is 1540. The van der Waals surface area contributed by atoms with Crippen LogP contribution in [0.4, 0.5) is 5.69 Å². The van der Waals surface area contributed by atoms with Gasteiger partial charge in [-0.2, -0.15) is 0 Å². The molecule has 0 saturated carbocycles. The quantitative estimate of drug-likeness (QED) is 0.259. The fraction of sp³-hybridized carbons (Fsp3) is 0.312. The fourth-order valence-corrected chi connectivity index (χ4v) is 6.16. The lowest BCUT2D eigenvalue weighted by atomic mass is 9.75. The highest BCUT2D eigenvalue weighted by atomic mass is 35.5. The molecule has 4 aromatic rings. The van der Waals surface area contributed by atoms with Crippen LogP contribution in [0, 0.1) is 5.92 Å². The number of nitrogens with one attached hydrogen (secondary N) is 1. The van der Waals surface area contributed by atoms with Crippen molar-refractivity contribution in [3.05, 3.63) is 94.8 Å². The molecule has 2 aromatic heterocycles. The molecule has 3 heterocycles. The molecule has 1 aliphatic heterocycles. The average Bonchev–Trinajstić information content (AvgIpc) is 3.43. The zero-order chi connectivity index (χ0) is 27.6. The molecule has 40 heavy (non-hydrogen) atoms. The topological polar surface area (TPSA) is 87.5 Å². The van der Waals surface area contributed by atoms with E-state index in [2.05, 4.69) is 44.9 Å². The van der Waals surface area contributed by atoms with E-state index in [0.29, 0.717) is 28.9 Å². The zero-order valence-electron chi connectivity index (χ0n) is 22.6. The van der Waals surface area contributed by atoms with Crippen LogP contribution in [0.5, 0.6) is 11.5 Å². The number of aromatic amines is 1. The van der Waals surface area contributed by atoms with Crippen molar-refractivity contribution in [3.8, 4) is 11.5 Å². The highest BCUT2D eigenvalue weighted by Gasteiger charge is 2.29. The molecule has 2 aromatic carbocycles. The minimum atomic E-state index is -0.519. The number of anilines is 1. The lowest BCUT2D eigenvalue weighted by Crippen LogP contribution is -2.48. The Hall–Kier alpha value is -3.81. The van der Waals surface area contributed by atoms with Gasteiger partial charge in [0.1, 0.15) is 17.1 Å². The number of ether oxygens (including phenoxy) is 1. The molecule has 6 rings (SSSR count). The van der Waals surface area contributed by atoms with Crippen LogP contribution in [0.2, 0.25) is 5.02 Å². The summed E-state index contributed by atoms with van der Waals surface area (Å²) in [5.74, 6) is 1.58. The van der Waals surface area contributed by atoms with E-state index in [0.717, 1.165) is 67.3 Å². The maximum absolute atomic E-state index is 12.2. The number of carbonyl (C=O) groups is 1. The van der Waals surface area contributed by atoms with Crippen LogP contribution in [0.15, 0.2) is 78.6 Å². The van der Waals surface area contributed by atoms with E-state index in [1.807, 2.05) is 42.6 Å². The number of aromatic nitrogens is 2. The van der Waals surface area contributed by atoms with Crippen LogP contribution < -0.4 is 15.4 Å². The lowest BCUT2D eigenvalue weighted by Gasteiger charge is -2.40. The number of pyridine rings is 1. The number of carbonyl (C=O) groups excluding carboxylic acids is 1. The summed E-state index contributed by atoms with van der Waals surface area (Å²) in [7, 11) is 0. The van der Waals surface area contributed by atoms with E-state index in [-0.39, 0.29) is 0 Å². The van der Waals surface area contributed by atoms with Crippen molar-refractivity contribution in [2.24, 2.45) is 11.7 Å². The molecule has 0 radical (unpaired) electrons. The third-order valence-electron chi connectivity index (χ3n) is 8.24. The normalized spacial score (nSPS) is 19.9. The van der Waals surface area contributed by atoms with Crippen molar-refractivity contribution in [2.75, 3.05) is 37.6 Å². The molecule has 1 fully saturated rings. The zero-order valence-corrected chi connectivity index (χ0v) is 23.4. The SMILES string of the molecule is CC1=CC[C@H](CN2CCN(c3ccc(C(N)=O)c(Oc4cnc5[nH]ccc5c4)c3)CC2)[C@@H](c2ccc(Cl)cc2)C1. The van der Waals surface area contributed by atoms with E-state index < -0.39 is 5.91 Å². The van der Waals surface area contributed by atoms with Crippen LogP contribution >= 0.6 is 11.6 Å². The molecular weight excluding hydrogens is 522 g/mol. The molecule has 2 atom stereocenters. The monoisotopic (exact) mass is 555 g/mol. The van der Waals surface area contributed by atoms with Crippen molar-refractivity contribution in [2.45, 2.75) is 25.7 Å². The molecule has 0 unspecified atom stereocenters. The smallest absolute Gasteiger partial charge is 0.252 e. The van der Waals surface area contributed by atoms with Crippen LogP contribution in [0.25, 0.3) is 11.0 Å². The number of amides is 1. The van der Waals surface area contributed by atoms with E-state index in [4.69, 9.17) is 22.1 Å². The third-order valence-corrected chi connectivity index (χ3v) is 8.49. The van der Waals surface area contributed by atoms with Crippen LogP contribution in [-0.2, 0) is 0 Å². The van der Waals surface area contributed by atoms with E-state index >= 15 is 0 Å². The van der Waals surface area contributed by atoms with Crippen LogP contribution in [0.3, 0.4) is 0 Å². The molecule has 0 bridgehead atoms. The van der Waals surface area contributed by atoms with Gasteiger partial charge < -0.3 is 20.4 Å². The summed E-state index contributed by atoms with van der Waals surface area (Å²) in [4.78, 5) is 24.6. The van der Waals surface area contributed by atoms with Crippen molar-refractivity contribution in [1.29, 1.82) is 0 Å². The van der Waals surface area contributed by atoms with Gasteiger partial charge in [0.15, 0.2) is 0 Å². The van der Waals surface area contributed by atoms with E-state index in [9.17, 15) is 4.79 Å². The minimum Gasteiger partial charge on any atom is -0.455 e. The first-order valence-electron chi connectivity index (χ1n) is 13.9. The number of hydrogen-bond acceptors (Lipinski definition) is 5. The Morgan fingerprint density at radius 2 is 1.90 bits per heavy atom. The molecule has 2 aliphatic rings. The summed E-state index contributed by atoms with van der Waals surface area (Å²) in [6, 6.07) is 17.9. The van der Waals surface area contributed by atoms with Crippen LogP contribution in [-0.4, -0.2) is 53.5 Å². The second-order valence-corrected chi connectivity index (χ2v) is 11.4. The van der Waals surface area contributed by atoms with Gasteiger partial charge in [0.25, 0.3) is 5.91 Å². The highest BCUT2D eigenvalue weighted by Crippen LogP contribution is 2.39. The molecule has 0 spiro atoms. The van der Waals surface area contributed by atoms with Gasteiger partial charge in [-0.1, -0.05) is 35.4 Å². The van der Waals surface area contributed by atoms with Gasteiger partial charge in [0.05, 0.1) is 11.8 Å². The summed E-state index contributed by atoms with van der Waals surface area (Å²) < 4.78 is 6.14. The molecule has 3 N–H and O–H groups in total. The molecule has 8 heteroatoms. The molecule has 1 amide bonds. The largest absolute Gasteiger partial charge is 0.455 e. The van der Waals surface area contributed by atoms with Crippen LogP contribution in [0.1, 0.15) is 41.6 Å². The summed E-state index contributed by atoms with van der Waals surface area (Å²) in [6.07, 6.45) is 8.11. The number of fused-ring (bicyclic) bond motifs is 1. The van der Waals surface area contributed by atoms with Crippen molar-refractivity contribution in [3.63, 3.8) is 0 Å². The third kappa shape index (κ3) is 5.71. The van der Waals surface area contributed by atoms with Gasteiger partial charge in [-0.15, -0.1) is 0 Å². The number of rotatable bonds is 7. The number of allylic oxidation sites excluding steroid dienone is 2. The van der Waals surface area contributed by atoms with Gasteiger partial charge in [0.2, 0.25) is 0 Å². The molecule has 206 valence electrons. The second-order valence-electron chi connectivity index (χ2n) is 10.9. The molecular formula is C32H34ClN5O2. The molecule has 7 nitrogen and oxygen atoms in total. The van der Waals surface area contributed by atoms with Gasteiger partial charge in [-0.05, 0) is 73.6 Å². The molecule has 1 aliphatic carbocycles. The van der Waals surface area contributed by atoms with Gasteiger partial charge in [0, 0.05) is 61.1 Å². The highest BCUT2D eigenvalue weighted by molar-refractivity contribution is 6.30. The first-order chi connectivity index (χ1) is 19.4. The number of halogens is 1. The second kappa shape index (κ2) is 11.4. The standard InChI is InChI=1S/C32H34ClN5O2/c1-21-2-3-24(29(16-21)22-4-6-25(33)7-5-22)20-37-12-14-38(15-13-37)26-8-9-28(31(34)39)30(18-26)40-27-17-23-10-11-35-32(23)36-19-27/h2,4-11,17-19,24,29H,3,12-16,20H2,1H3,(H2,34,39)(H,35,36)/t24-,29-/m1/s1. The lowest BCUT2D eigenvalue weighted by molar-refractivity contribution is 0.0998. The predicted molar refractivity (Wildman–Crippen MR) is 160 cm³/mol. The number of nitrogens with zero attached hydrogens (tertiary/aromatic N) is 3. The van der Waals surface area contributed by atoms with Crippen molar-refractivity contribution in [1.82, 2.24) is 14.9 Å². The summed E-state index contributed by atoms with van der Waals surface area (Å²) in [6.45, 7) is 7.09. The number of hydrogen-bond donors (Lipinski definition) is 2. The Balaban J connectivity index is 1.13. The minimum absolute atomic E-state index is 0.352. The predicted octanol–water partition coefficient (Wildman–Crippen LogP) is 6.37. The first kappa shape index (κ1) is 26.4. The summed E-state index contributed by atoms with van der Waals surface area (Å²) in [5, 5.41) is 1.72. The van der Waals surface area contributed by atoms with Crippen molar-refractivity contribution < 1.29 is 9.53 Å². The molecule has 1 saturated heterocycles. The van der Waals surface area contributed by atoms with E-state index in [1.165, 1.54) is 11.1 Å². The first-order valence-corrected chi connectivity index (χ1v) is 14.2. The van der Waals surface area contributed by atoms with E-state index in [1.54, 1.807) is 12.3 Å². The maximum atomic E-state index is 12.2. The summed E-state index contributed by atoms with van der Waals surface area (Å²) in [5.41, 5.74) is 10.7. The fourth-order valence-electron chi connectivity index (χ4n) is 6.03. The number of primary amides is 1. The number of nitrogens with two attached hydrogens (primary N) is 1. The Morgan fingerprint density at radius 3 is 2.67 bits per heavy atom. The Labute approximate surface area is 239 Å². The number of H-pyrrole nitrogens is 1. The van der Waals surface area contributed by atoms with Gasteiger partial charge >= 0.3 is 0 Å². The maximum Gasteiger partial charge on any atom is 0.252 e. The number of piperazine rings is 1. The average molecular weight is 556 g/mol. The van der Waals surface area contributed by atoms with Gasteiger partial charge in [-0.25, -0.2) is 4.98 Å². The van der Waals surface area contributed by atoms with Crippen molar-refractivity contribution >= 4 is 34.2 Å².